The minimum absolute atomic E-state index is 0.0178. The average Bonchev–Trinajstić information content (AvgIpc) is 2.69. The SMILES string of the molecule is CCOC(=O)c1nnn(CC(=O)NC(C)(C)C)c1CCl. The van der Waals surface area contributed by atoms with E-state index in [-0.39, 0.29) is 36.2 Å². The van der Waals surface area contributed by atoms with Crippen molar-refractivity contribution in [3.05, 3.63) is 11.4 Å². The standard InChI is InChI=1S/C12H19ClN4O3/c1-5-20-11(19)10-8(6-13)17(16-15-10)7-9(18)14-12(2,3)4/h5-7H2,1-4H3,(H,14,18). The lowest BCUT2D eigenvalue weighted by Gasteiger charge is -2.20. The smallest absolute Gasteiger partial charge is 0.360 e. The van der Waals surface area contributed by atoms with E-state index in [1.807, 2.05) is 20.8 Å². The molecule has 0 bridgehead atoms. The van der Waals surface area contributed by atoms with Crippen LogP contribution in [0.4, 0.5) is 0 Å². The summed E-state index contributed by atoms with van der Waals surface area (Å²) in [5, 5.41) is 10.3. The molecule has 8 heteroatoms. The van der Waals surface area contributed by atoms with Gasteiger partial charge < -0.3 is 10.1 Å². The Balaban J connectivity index is 2.87. The van der Waals surface area contributed by atoms with Crippen LogP contribution in [0.1, 0.15) is 43.9 Å². The van der Waals surface area contributed by atoms with Crippen LogP contribution < -0.4 is 5.32 Å². The minimum Gasteiger partial charge on any atom is -0.461 e. The molecular formula is C12H19ClN4O3. The van der Waals surface area contributed by atoms with Gasteiger partial charge in [-0.25, -0.2) is 9.48 Å². The van der Waals surface area contributed by atoms with Crippen LogP contribution in [0.5, 0.6) is 0 Å². The van der Waals surface area contributed by atoms with Crippen LogP contribution in [0.3, 0.4) is 0 Å². The van der Waals surface area contributed by atoms with Crippen molar-refractivity contribution in [3.63, 3.8) is 0 Å². The molecule has 0 fully saturated rings. The molecular weight excluding hydrogens is 284 g/mol. The quantitative estimate of drug-likeness (QED) is 0.650. The Morgan fingerprint density at radius 3 is 2.55 bits per heavy atom. The third-order valence-electron chi connectivity index (χ3n) is 2.24. The van der Waals surface area contributed by atoms with Crippen LogP contribution in [0.25, 0.3) is 0 Å². The number of nitrogens with zero attached hydrogens (tertiary/aromatic N) is 3. The molecule has 0 aliphatic carbocycles. The summed E-state index contributed by atoms with van der Waals surface area (Å²) in [5.74, 6) is -0.806. The zero-order valence-corrected chi connectivity index (χ0v) is 12.8. The highest BCUT2D eigenvalue weighted by atomic mass is 35.5. The van der Waals surface area contributed by atoms with Gasteiger partial charge in [0.25, 0.3) is 0 Å². The first kappa shape index (κ1) is 16.4. The summed E-state index contributed by atoms with van der Waals surface area (Å²) in [6.07, 6.45) is 0. The number of hydrogen-bond donors (Lipinski definition) is 1. The number of esters is 1. The van der Waals surface area contributed by atoms with Crippen molar-refractivity contribution in [1.29, 1.82) is 0 Å². The van der Waals surface area contributed by atoms with Gasteiger partial charge >= 0.3 is 5.97 Å². The van der Waals surface area contributed by atoms with E-state index in [4.69, 9.17) is 16.3 Å². The molecule has 0 saturated heterocycles. The van der Waals surface area contributed by atoms with Crippen molar-refractivity contribution in [1.82, 2.24) is 20.3 Å². The largest absolute Gasteiger partial charge is 0.461 e. The first-order chi connectivity index (χ1) is 9.28. The Labute approximate surface area is 122 Å². The molecule has 0 radical (unpaired) electrons. The molecule has 1 amide bonds. The summed E-state index contributed by atoms with van der Waals surface area (Å²) in [7, 11) is 0. The molecule has 1 N–H and O–H groups in total. The van der Waals surface area contributed by atoms with Gasteiger partial charge in [0, 0.05) is 5.54 Å². The number of carbonyl (C=O) groups is 2. The number of ether oxygens (including phenoxy) is 1. The number of amides is 1. The van der Waals surface area contributed by atoms with E-state index in [1.165, 1.54) is 4.68 Å². The van der Waals surface area contributed by atoms with Gasteiger partial charge in [-0.15, -0.1) is 16.7 Å². The highest BCUT2D eigenvalue weighted by Gasteiger charge is 2.22. The number of carbonyl (C=O) groups excluding carboxylic acids is 2. The lowest BCUT2D eigenvalue weighted by Crippen LogP contribution is -2.42. The summed E-state index contributed by atoms with van der Waals surface area (Å²) in [5.41, 5.74) is 0.0718. The molecule has 20 heavy (non-hydrogen) atoms. The number of rotatable bonds is 5. The first-order valence-corrected chi connectivity index (χ1v) is 6.78. The fourth-order valence-corrected chi connectivity index (χ4v) is 1.81. The highest BCUT2D eigenvalue weighted by molar-refractivity contribution is 6.17. The number of hydrogen-bond acceptors (Lipinski definition) is 5. The first-order valence-electron chi connectivity index (χ1n) is 6.25. The van der Waals surface area contributed by atoms with Gasteiger partial charge in [0.05, 0.1) is 18.2 Å². The Morgan fingerprint density at radius 2 is 2.05 bits per heavy atom. The van der Waals surface area contributed by atoms with Crippen molar-refractivity contribution in [2.45, 2.75) is 45.7 Å². The molecule has 1 rings (SSSR count). The van der Waals surface area contributed by atoms with Crippen LogP contribution in [0.15, 0.2) is 0 Å². The molecule has 0 aliphatic heterocycles. The number of halogens is 1. The van der Waals surface area contributed by atoms with Gasteiger partial charge in [-0.1, -0.05) is 5.21 Å². The molecule has 0 atom stereocenters. The fourth-order valence-electron chi connectivity index (χ4n) is 1.54. The van der Waals surface area contributed by atoms with Crippen LogP contribution in [-0.4, -0.2) is 39.0 Å². The van der Waals surface area contributed by atoms with E-state index in [1.54, 1.807) is 6.92 Å². The van der Waals surface area contributed by atoms with Crippen molar-refractivity contribution in [3.8, 4) is 0 Å². The predicted molar refractivity (Wildman–Crippen MR) is 73.4 cm³/mol. The normalized spacial score (nSPS) is 11.2. The average molecular weight is 303 g/mol. The van der Waals surface area contributed by atoms with Crippen LogP contribution in [-0.2, 0) is 22.0 Å². The maximum atomic E-state index is 11.8. The second-order valence-electron chi connectivity index (χ2n) is 5.19. The summed E-state index contributed by atoms with van der Waals surface area (Å²) < 4.78 is 6.16. The monoisotopic (exact) mass is 302 g/mol. The van der Waals surface area contributed by atoms with Crippen LogP contribution in [0.2, 0.25) is 0 Å². The van der Waals surface area contributed by atoms with Gasteiger partial charge in [-0.3, -0.25) is 4.79 Å². The maximum absolute atomic E-state index is 11.8. The van der Waals surface area contributed by atoms with E-state index in [0.29, 0.717) is 5.69 Å². The lowest BCUT2D eigenvalue weighted by atomic mass is 10.1. The summed E-state index contributed by atoms with van der Waals surface area (Å²) >= 11 is 5.80. The Morgan fingerprint density at radius 1 is 1.40 bits per heavy atom. The van der Waals surface area contributed by atoms with E-state index in [2.05, 4.69) is 15.6 Å². The minimum atomic E-state index is -0.592. The zero-order valence-electron chi connectivity index (χ0n) is 12.1. The predicted octanol–water partition coefficient (Wildman–Crippen LogP) is 1.11. The van der Waals surface area contributed by atoms with E-state index >= 15 is 0 Å². The molecule has 7 nitrogen and oxygen atoms in total. The van der Waals surface area contributed by atoms with Gasteiger partial charge in [-0.05, 0) is 27.7 Å². The molecule has 1 aromatic rings. The fraction of sp³-hybridized carbons (Fsp3) is 0.667. The molecule has 0 unspecified atom stereocenters. The van der Waals surface area contributed by atoms with Crippen LogP contribution >= 0.6 is 11.6 Å². The third-order valence-corrected chi connectivity index (χ3v) is 2.49. The topological polar surface area (TPSA) is 86.1 Å². The molecule has 0 spiro atoms. The molecule has 1 aromatic heterocycles. The summed E-state index contributed by atoms with van der Waals surface area (Å²) in [6.45, 7) is 7.50. The van der Waals surface area contributed by atoms with Crippen molar-refractivity contribution in [2.24, 2.45) is 0 Å². The van der Waals surface area contributed by atoms with Crippen molar-refractivity contribution < 1.29 is 14.3 Å². The molecule has 112 valence electrons. The van der Waals surface area contributed by atoms with Gasteiger partial charge in [0.1, 0.15) is 6.54 Å². The summed E-state index contributed by atoms with van der Waals surface area (Å²) in [6, 6.07) is 0. The Hall–Kier alpha value is -1.63. The van der Waals surface area contributed by atoms with Crippen molar-refractivity contribution >= 4 is 23.5 Å². The Bertz CT molecular complexity index is 493. The highest BCUT2D eigenvalue weighted by Crippen LogP contribution is 2.10. The zero-order chi connectivity index (χ0) is 15.3. The second-order valence-corrected chi connectivity index (χ2v) is 5.46. The molecule has 1 heterocycles. The third kappa shape index (κ3) is 4.48. The van der Waals surface area contributed by atoms with Gasteiger partial charge in [0.2, 0.25) is 5.91 Å². The molecule has 0 aliphatic rings. The number of nitrogens with one attached hydrogen (secondary N) is 1. The van der Waals surface area contributed by atoms with E-state index < -0.39 is 5.97 Å². The van der Waals surface area contributed by atoms with E-state index in [0.717, 1.165) is 0 Å². The van der Waals surface area contributed by atoms with Crippen LogP contribution in [0, 0.1) is 0 Å². The summed E-state index contributed by atoms with van der Waals surface area (Å²) in [4.78, 5) is 23.5. The number of alkyl halides is 1. The second kappa shape index (κ2) is 6.69. The van der Waals surface area contributed by atoms with Gasteiger partial charge in [0.15, 0.2) is 5.69 Å². The van der Waals surface area contributed by atoms with Crippen molar-refractivity contribution in [2.75, 3.05) is 6.61 Å². The lowest BCUT2D eigenvalue weighted by molar-refractivity contribution is -0.123. The molecule has 0 aromatic carbocycles. The van der Waals surface area contributed by atoms with E-state index in [9.17, 15) is 9.59 Å². The maximum Gasteiger partial charge on any atom is 0.360 e. The van der Waals surface area contributed by atoms with Gasteiger partial charge in [-0.2, -0.15) is 0 Å². The molecule has 0 saturated carbocycles. The number of aromatic nitrogens is 3. The Kier molecular flexibility index (Phi) is 5.50.